The number of ether oxygens (including phenoxy) is 1. The number of hydrogen-bond acceptors (Lipinski definition) is 12. The molecule has 6 heterocycles. The van der Waals surface area contributed by atoms with Crippen molar-refractivity contribution in [1.29, 1.82) is 0 Å². The van der Waals surface area contributed by atoms with Crippen LogP contribution in [0.1, 0.15) is 76.3 Å². The van der Waals surface area contributed by atoms with E-state index in [0.29, 0.717) is 21.1 Å². The summed E-state index contributed by atoms with van der Waals surface area (Å²) in [6.45, 7) is 12.1. The van der Waals surface area contributed by atoms with E-state index in [1.807, 2.05) is 13.8 Å². The molecule has 2 saturated heterocycles. The molecule has 0 atom stereocenters. The fourth-order valence-electron chi connectivity index (χ4n) is 5.07. The summed E-state index contributed by atoms with van der Waals surface area (Å²) in [5.41, 5.74) is 1.63. The molecule has 0 saturated carbocycles. The van der Waals surface area contributed by atoms with Gasteiger partial charge < -0.3 is 34.5 Å². The summed E-state index contributed by atoms with van der Waals surface area (Å²) in [5.74, 6) is 0.363. The van der Waals surface area contributed by atoms with Crippen LogP contribution in [-0.4, -0.2) is 121 Å². The van der Waals surface area contributed by atoms with E-state index in [9.17, 15) is 18.0 Å². The van der Waals surface area contributed by atoms with Crippen LogP contribution in [0.2, 0.25) is 0 Å². The summed E-state index contributed by atoms with van der Waals surface area (Å²) in [5, 5.41) is 16.6. The van der Waals surface area contributed by atoms with Gasteiger partial charge in [0.25, 0.3) is 6.01 Å². The Kier molecular flexibility index (Phi) is 28.5. The summed E-state index contributed by atoms with van der Waals surface area (Å²) in [7, 11) is 1.27. The van der Waals surface area contributed by atoms with Crippen LogP contribution in [0.4, 0.5) is 0 Å². The Hall–Kier alpha value is 1.15. The first kappa shape index (κ1) is 56.1. The topological polar surface area (TPSA) is 196 Å². The van der Waals surface area contributed by atoms with E-state index in [2.05, 4.69) is 168 Å². The molecule has 2 aliphatic heterocycles. The van der Waals surface area contributed by atoms with Gasteiger partial charge in [-0.25, -0.2) is 18.0 Å². The van der Waals surface area contributed by atoms with E-state index in [1.165, 1.54) is 10.7 Å². The van der Waals surface area contributed by atoms with Crippen molar-refractivity contribution in [3.8, 4) is 6.01 Å². The number of halogens is 5. The first-order valence-electron chi connectivity index (χ1n) is 16.4. The Balaban J connectivity index is 0.000000766. The third-order valence-electron chi connectivity index (χ3n) is 8.00. The molecular weight excluding hydrogens is 1380 g/mol. The average molecular weight is 1430 g/mol. The Morgan fingerprint density at radius 3 is 1.58 bits per heavy atom. The quantitative estimate of drug-likeness (QED) is 0.148. The molecule has 0 spiro atoms. The first-order valence-corrected chi connectivity index (χ1v) is 40.8. The monoisotopic (exact) mass is 1430 g/mol. The van der Waals surface area contributed by atoms with E-state index < -0.39 is 15.5 Å². The van der Waals surface area contributed by atoms with Crippen molar-refractivity contribution in [3.05, 3.63) is 59.3 Å². The molecule has 0 aromatic carbocycles. The maximum absolute atomic E-state index is 12.0. The van der Waals surface area contributed by atoms with Crippen LogP contribution < -0.4 is 16.1 Å². The van der Waals surface area contributed by atoms with Crippen LogP contribution >= 0.6 is 99.9 Å². The molecular formula is C31H52I5N10O6SV2-2. The van der Waals surface area contributed by atoms with Crippen LogP contribution in [0.5, 0.6) is 6.01 Å². The molecule has 3 N–H and O–H groups in total. The first-order chi connectivity index (χ1) is 24.8. The third kappa shape index (κ3) is 19.6. The van der Waals surface area contributed by atoms with Gasteiger partial charge in [0.05, 0.1) is 18.5 Å². The second-order valence-electron chi connectivity index (χ2n) is 12.9. The summed E-state index contributed by atoms with van der Waals surface area (Å²) in [4.78, 5) is 41.1. The van der Waals surface area contributed by atoms with Gasteiger partial charge in [-0.15, -0.1) is 0 Å². The molecule has 0 unspecified atom stereocenters. The number of nitrogens with zero attached hydrogens (tertiary/aromatic N) is 8. The molecule has 6 rings (SSSR count). The second-order valence-corrected chi connectivity index (χ2v) is 61.9. The number of rotatable bonds is 5. The van der Waals surface area contributed by atoms with Gasteiger partial charge in [0.2, 0.25) is 15.0 Å². The van der Waals surface area contributed by atoms with Crippen molar-refractivity contribution in [2.24, 2.45) is 0 Å². The van der Waals surface area contributed by atoms with E-state index in [4.69, 9.17) is 9.84 Å². The van der Waals surface area contributed by atoms with Crippen LogP contribution in [-0.2, 0) is 24.2 Å². The van der Waals surface area contributed by atoms with Gasteiger partial charge in [-0.3, -0.25) is 9.97 Å². The zero-order valence-corrected chi connectivity index (χ0v) is 46.8. The van der Waals surface area contributed by atoms with Crippen molar-refractivity contribution >= 4 is 121 Å². The van der Waals surface area contributed by atoms with E-state index >= 15 is 0 Å². The molecule has 0 radical (unpaired) electrons. The van der Waals surface area contributed by atoms with Gasteiger partial charge in [-0.05, 0) is 51.6 Å². The number of aliphatic hydroxyl groups is 1. The van der Waals surface area contributed by atoms with Gasteiger partial charge in [0.15, 0.2) is 11.3 Å². The van der Waals surface area contributed by atoms with Crippen molar-refractivity contribution in [2.45, 2.75) is 82.6 Å². The van der Waals surface area contributed by atoms with Gasteiger partial charge in [0, 0.05) is 43.6 Å². The summed E-state index contributed by atoms with van der Waals surface area (Å²) >= 11 is 12.1. The van der Waals surface area contributed by atoms with Gasteiger partial charge in [-0.1, -0.05) is 27.7 Å². The normalized spacial score (nSPS) is 15.3. The molecule has 2 fully saturated rings. The zero-order valence-electron chi connectivity index (χ0n) is 32.4. The van der Waals surface area contributed by atoms with E-state index in [1.54, 1.807) is 6.20 Å². The van der Waals surface area contributed by atoms with Crippen LogP contribution in [0.25, 0.3) is 11.3 Å². The van der Waals surface area contributed by atoms with Gasteiger partial charge in [0.1, 0.15) is 6.10 Å². The summed E-state index contributed by atoms with van der Waals surface area (Å²) < 4.78 is 30.9. The maximum atomic E-state index is 12.0. The molecule has 16 nitrogen and oxygen atoms in total. The number of nitrogens with one attached hydrogen (secondary N) is 2. The number of piperidine rings is 2. The molecule has 4 aromatic rings. The van der Waals surface area contributed by atoms with Crippen LogP contribution in [0.3, 0.4) is 0 Å². The molecule has 4 aromatic heterocycles. The molecule has 315 valence electrons. The predicted molar refractivity (Wildman–Crippen MR) is 255 cm³/mol. The molecule has 0 aliphatic carbocycles. The van der Waals surface area contributed by atoms with E-state index in [0.717, 1.165) is 73.8 Å². The van der Waals surface area contributed by atoms with Gasteiger partial charge >= 0.3 is 126 Å². The number of aliphatic hydroxyl groups excluding tert-OH is 1. The van der Waals surface area contributed by atoms with Crippen LogP contribution in [0.15, 0.2) is 27.1 Å². The fourth-order valence-corrected chi connectivity index (χ4v) is 5.59. The van der Waals surface area contributed by atoms with Crippen molar-refractivity contribution in [2.75, 3.05) is 46.5 Å². The molecule has 0 amide bonds. The number of fused-ring (bicyclic) bond motifs is 2. The minimum absolute atomic E-state index is 0. The predicted octanol–water partition coefficient (Wildman–Crippen LogP) is 6.36. The van der Waals surface area contributed by atoms with Crippen molar-refractivity contribution < 1.29 is 32.6 Å². The Labute approximate surface area is 391 Å². The summed E-state index contributed by atoms with van der Waals surface area (Å²) in [6, 6.07) is 0.296. The third-order valence-corrected chi connectivity index (χ3v) is 8.89. The molecule has 24 heteroatoms. The SMILES string of the molecule is CC(C)c1cnn2c(=O)[nH]c(OC3CCN(C)CC3)nc12.CC(C)c1cnn2c(=O)[nH]c(S(C)(=O)=O)nc12.CN1CCC(O)CC1.[CH3-].[CH3-].[I][V]([I])[I].[I][V][I]. The minimum atomic E-state index is -3.54. The van der Waals surface area contributed by atoms with Gasteiger partial charge in [-0.2, -0.15) is 29.2 Å². The van der Waals surface area contributed by atoms with Crippen molar-refractivity contribution in [3.63, 3.8) is 0 Å². The number of H-pyrrole nitrogens is 2. The van der Waals surface area contributed by atoms with Crippen LogP contribution in [0, 0.1) is 14.9 Å². The number of aromatic nitrogens is 8. The zero-order chi connectivity index (χ0) is 40.0. The summed E-state index contributed by atoms with van der Waals surface area (Å²) in [6.07, 6.45) is 8.10. The number of likely N-dealkylation sites (tertiary alicyclic amines) is 2. The Morgan fingerprint density at radius 1 is 0.818 bits per heavy atom. The Bertz CT molecular complexity index is 1920. The molecule has 0 bridgehead atoms. The number of aromatic amines is 2. The second kappa shape index (κ2) is 27.9. The standard InChI is InChI=1S/C14H21N5O2.C9H12N4O3S.C6H13NO.2CH3.5HI.2V/c1-9(2)11-8-15-19-12(11)16-13(17-14(19)20)21-10-4-6-18(3)7-5-10;1-5(2)6-4-10-13-7(6)11-8(12-9(13)14)17(3,15)16;1-7-4-2-6(8)3-5-7;;;;;;;;;/h8-10H,4-7H2,1-3H3,(H,16,17,20);4-5H,1-3H3,(H,11,12,14);6,8H,2-5H2,1H3;2*1H3;5*1H;;/q;;;2*-1;;;;;;+2;+3/p-5. The number of sulfone groups is 1. The Morgan fingerprint density at radius 2 is 1.20 bits per heavy atom. The fraction of sp³-hybridized carbons (Fsp3) is 0.613. The molecule has 2 aliphatic rings. The van der Waals surface area contributed by atoms with E-state index in [-0.39, 0.29) is 60.3 Å². The number of hydrogen-bond donors (Lipinski definition) is 3. The average Bonchev–Trinajstić information content (AvgIpc) is 3.70. The molecule has 55 heavy (non-hydrogen) atoms. The van der Waals surface area contributed by atoms with Crippen molar-refractivity contribution in [1.82, 2.24) is 49.0 Å².